The number of rotatable bonds is 5. The lowest BCUT2D eigenvalue weighted by Gasteiger charge is -2.15. The molecule has 1 fully saturated rings. The van der Waals surface area contributed by atoms with Gasteiger partial charge in [-0.05, 0) is 35.6 Å². The zero-order valence-electron chi connectivity index (χ0n) is 15.9. The van der Waals surface area contributed by atoms with Crippen LogP contribution in [0.1, 0.15) is 40.2 Å². The maximum atomic E-state index is 13.0. The van der Waals surface area contributed by atoms with Gasteiger partial charge >= 0.3 is 0 Å². The molecule has 1 aromatic carbocycles. The quantitative estimate of drug-likeness (QED) is 0.720. The first kappa shape index (κ1) is 18.6. The van der Waals surface area contributed by atoms with Gasteiger partial charge in [-0.15, -0.1) is 11.3 Å². The third-order valence-electron chi connectivity index (χ3n) is 5.27. The molecule has 1 N–H and O–H groups in total. The predicted octanol–water partition coefficient (Wildman–Crippen LogP) is 3.60. The van der Waals surface area contributed by atoms with Gasteiger partial charge in [-0.3, -0.25) is 14.6 Å². The second-order valence-corrected chi connectivity index (χ2v) is 8.17. The Morgan fingerprint density at radius 1 is 1.21 bits per heavy atom. The number of aromatic nitrogens is 1. The van der Waals surface area contributed by atoms with Crippen molar-refractivity contribution in [3.05, 3.63) is 64.8 Å². The number of pyridine rings is 1. The van der Waals surface area contributed by atoms with E-state index in [2.05, 4.69) is 22.4 Å². The summed E-state index contributed by atoms with van der Waals surface area (Å²) in [6.07, 6.45) is 3.37. The molecule has 4 rings (SSSR count). The Morgan fingerprint density at radius 2 is 2.04 bits per heavy atom. The van der Waals surface area contributed by atoms with Crippen LogP contribution >= 0.6 is 11.3 Å². The molecule has 0 bridgehead atoms. The van der Waals surface area contributed by atoms with Crippen LogP contribution in [0.5, 0.6) is 0 Å². The summed E-state index contributed by atoms with van der Waals surface area (Å²) >= 11 is 1.54. The second kappa shape index (κ2) is 8.10. The molecule has 1 aliphatic heterocycles. The van der Waals surface area contributed by atoms with Crippen molar-refractivity contribution in [2.75, 3.05) is 19.6 Å². The zero-order chi connectivity index (χ0) is 19.5. The average molecular weight is 394 g/mol. The van der Waals surface area contributed by atoms with Crippen LogP contribution in [-0.2, 0) is 11.2 Å². The predicted molar refractivity (Wildman–Crippen MR) is 112 cm³/mol. The van der Waals surface area contributed by atoms with Crippen molar-refractivity contribution in [2.24, 2.45) is 0 Å². The van der Waals surface area contributed by atoms with Crippen molar-refractivity contribution < 1.29 is 9.59 Å². The minimum absolute atomic E-state index is 0.0339. The van der Waals surface area contributed by atoms with Crippen molar-refractivity contribution in [2.45, 2.75) is 25.7 Å². The highest BCUT2D eigenvalue weighted by Gasteiger charge is 2.31. The Labute approximate surface area is 168 Å². The fraction of sp³-hybridized carbons (Fsp3) is 0.318. The van der Waals surface area contributed by atoms with Crippen LogP contribution in [0, 0.1) is 0 Å². The first-order valence-electron chi connectivity index (χ1n) is 9.58. The molecule has 3 heterocycles. The fourth-order valence-electron chi connectivity index (χ4n) is 3.85. The van der Waals surface area contributed by atoms with Crippen LogP contribution in [-0.4, -0.2) is 41.3 Å². The minimum Gasteiger partial charge on any atom is -0.351 e. The SMILES string of the molecule is CC(=O)N1CC[C@@H](c2c(C(=O)NCCc3ccccn3)sc3ccccc23)C1. The Balaban J connectivity index is 1.56. The molecule has 2 amide bonds. The molecule has 0 unspecified atom stereocenters. The van der Waals surface area contributed by atoms with Crippen LogP contribution in [0.3, 0.4) is 0 Å². The van der Waals surface area contributed by atoms with E-state index in [9.17, 15) is 9.59 Å². The van der Waals surface area contributed by atoms with Crippen LogP contribution in [0.15, 0.2) is 48.7 Å². The Bertz CT molecular complexity index is 999. The monoisotopic (exact) mass is 393 g/mol. The van der Waals surface area contributed by atoms with Crippen molar-refractivity contribution in [1.82, 2.24) is 15.2 Å². The second-order valence-electron chi connectivity index (χ2n) is 7.12. The van der Waals surface area contributed by atoms with Crippen LogP contribution in [0.4, 0.5) is 0 Å². The summed E-state index contributed by atoms with van der Waals surface area (Å²) in [5.74, 6) is 0.272. The number of hydrogen-bond acceptors (Lipinski definition) is 4. The summed E-state index contributed by atoms with van der Waals surface area (Å²) < 4.78 is 1.12. The number of nitrogens with one attached hydrogen (secondary N) is 1. The molecule has 144 valence electrons. The lowest BCUT2D eigenvalue weighted by Crippen LogP contribution is -2.27. The van der Waals surface area contributed by atoms with E-state index in [-0.39, 0.29) is 17.7 Å². The van der Waals surface area contributed by atoms with Gasteiger partial charge in [-0.2, -0.15) is 0 Å². The largest absolute Gasteiger partial charge is 0.351 e. The summed E-state index contributed by atoms with van der Waals surface area (Å²) in [5.41, 5.74) is 2.06. The molecule has 1 saturated heterocycles. The standard InChI is InChI=1S/C22H23N3O2S/c1-15(26)25-13-10-16(14-25)20-18-7-2-3-8-19(18)28-21(20)22(27)24-12-9-17-6-4-5-11-23-17/h2-8,11,16H,9-10,12-14H2,1H3,(H,24,27)/t16-/m1/s1. The van der Waals surface area contributed by atoms with E-state index in [4.69, 9.17) is 0 Å². The number of fused-ring (bicyclic) bond motifs is 1. The molecular formula is C22H23N3O2S. The van der Waals surface area contributed by atoms with Gasteiger partial charge in [0.05, 0.1) is 4.88 Å². The Hall–Kier alpha value is -2.73. The van der Waals surface area contributed by atoms with Gasteiger partial charge in [-0.25, -0.2) is 0 Å². The van der Waals surface area contributed by atoms with Crippen molar-refractivity contribution in [3.8, 4) is 0 Å². The summed E-state index contributed by atoms with van der Waals surface area (Å²) in [7, 11) is 0. The molecule has 0 radical (unpaired) electrons. The van der Waals surface area contributed by atoms with Gasteiger partial charge in [0.2, 0.25) is 5.91 Å². The number of likely N-dealkylation sites (tertiary alicyclic amines) is 1. The van der Waals surface area contributed by atoms with Gasteiger partial charge in [0, 0.05) is 55.5 Å². The van der Waals surface area contributed by atoms with E-state index in [0.29, 0.717) is 19.5 Å². The number of thiophene rings is 1. The van der Waals surface area contributed by atoms with Gasteiger partial charge in [0.25, 0.3) is 5.91 Å². The minimum atomic E-state index is -0.0339. The summed E-state index contributed by atoms with van der Waals surface area (Å²) in [5, 5.41) is 4.19. The summed E-state index contributed by atoms with van der Waals surface area (Å²) in [4.78, 5) is 31.7. The van der Waals surface area contributed by atoms with Gasteiger partial charge in [0.15, 0.2) is 0 Å². The third kappa shape index (κ3) is 3.78. The number of hydrogen-bond donors (Lipinski definition) is 1. The smallest absolute Gasteiger partial charge is 0.261 e. The van der Waals surface area contributed by atoms with E-state index in [0.717, 1.165) is 39.2 Å². The van der Waals surface area contributed by atoms with E-state index >= 15 is 0 Å². The molecule has 2 aromatic heterocycles. The lowest BCUT2D eigenvalue weighted by atomic mass is 9.95. The maximum Gasteiger partial charge on any atom is 0.261 e. The van der Waals surface area contributed by atoms with Gasteiger partial charge < -0.3 is 10.2 Å². The van der Waals surface area contributed by atoms with Crippen LogP contribution < -0.4 is 5.32 Å². The highest BCUT2D eigenvalue weighted by atomic mass is 32.1. The van der Waals surface area contributed by atoms with Crippen molar-refractivity contribution >= 4 is 33.2 Å². The molecule has 0 saturated carbocycles. The lowest BCUT2D eigenvalue weighted by molar-refractivity contribution is -0.127. The molecule has 0 spiro atoms. The van der Waals surface area contributed by atoms with Gasteiger partial charge in [-0.1, -0.05) is 24.3 Å². The first-order valence-corrected chi connectivity index (χ1v) is 10.4. The van der Waals surface area contributed by atoms with E-state index in [1.807, 2.05) is 35.2 Å². The number of nitrogens with zero attached hydrogens (tertiary/aromatic N) is 2. The molecule has 3 aromatic rings. The van der Waals surface area contributed by atoms with E-state index in [1.165, 1.54) is 0 Å². The molecule has 6 heteroatoms. The highest BCUT2D eigenvalue weighted by Crippen LogP contribution is 2.40. The van der Waals surface area contributed by atoms with Crippen molar-refractivity contribution in [1.29, 1.82) is 0 Å². The average Bonchev–Trinajstić information content (AvgIpc) is 3.33. The summed E-state index contributed by atoms with van der Waals surface area (Å²) in [6, 6.07) is 14.0. The van der Waals surface area contributed by atoms with Crippen molar-refractivity contribution in [3.63, 3.8) is 0 Å². The highest BCUT2D eigenvalue weighted by molar-refractivity contribution is 7.21. The zero-order valence-corrected chi connectivity index (χ0v) is 16.7. The molecular weight excluding hydrogens is 370 g/mol. The summed E-state index contributed by atoms with van der Waals surface area (Å²) in [6.45, 7) is 3.60. The van der Waals surface area contributed by atoms with Crippen LogP contribution in [0.25, 0.3) is 10.1 Å². The number of carbonyl (C=O) groups excluding carboxylic acids is 2. The Morgan fingerprint density at radius 3 is 2.79 bits per heavy atom. The number of carbonyl (C=O) groups is 2. The van der Waals surface area contributed by atoms with Gasteiger partial charge in [0.1, 0.15) is 0 Å². The molecule has 1 aliphatic rings. The van der Waals surface area contributed by atoms with E-state index in [1.54, 1.807) is 24.5 Å². The molecule has 1 atom stereocenters. The Kier molecular flexibility index (Phi) is 5.39. The third-order valence-corrected chi connectivity index (χ3v) is 6.46. The topological polar surface area (TPSA) is 62.3 Å². The number of amides is 2. The normalized spacial score (nSPS) is 16.5. The number of benzene rings is 1. The first-order chi connectivity index (χ1) is 13.6. The molecule has 5 nitrogen and oxygen atoms in total. The molecule has 0 aliphatic carbocycles. The van der Waals surface area contributed by atoms with E-state index < -0.39 is 0 Å². The fourth-order valence-corrected chi connectivity index (χ4v) is 5.06. The van der Waals surface area contributed by atoms with Crippen LogP contribution in [0.2, 0.25) is 0 Å². The molecule has 28 heavy (non-hydrogen) atoms. The maximum absolute atomic E-state index is 13.0.